The van der Waals surface area contributed by atoms with E-state index in [2.05, 4.69) is 5.32 Å². The Morgan fingerprint density at radius 3 is 2.63 bits per heavy atom. The third kappa shape index (κ3) is 5.41. The zero-order chi connectivity index (χ0) is 14.1. The van der Waals surface area contributed by atoms with Gasteiger partial charge in [0.1, 0.15) is 0 Å². The first-order valence-electron chi connectivity index (χ1n) is 6.70. The van der Waals surface area contributed by atoms with E-state index in [1.165, 1.54) is 7.11 Å². The lowest BCUT2D eigenvalue weighted by atomic mass is 9.99. The molecule has 1 rings (SSSR count). The Bertz CT molecular complexity index is 367. The average Bonchev–Trinajstić information content (AvgIpc) is 2.47. The number of esters is 1. The van der Waals surface area contributed by atoms with Crippen LogP contribution in [0.4, 0.5) is 0 Å². The van der Waals surface area contributed by atoms with Crippen LogP contribution in [-0.4, -0.2) is 37.4 Å². The highest BCUT2D eigenvalue weighted by Gasteiger charge is 2.20. The monoisotopic (exact) mass is 265 g/mol. The fourth-order valence-electron chi connectivity index (χ4n) is 1.88. The Hall–Kier alpha value is -1.39. The Balaban J connectivity index is 2.50. The van der Waals surface area contributed by atoms with Crippen LogP contribution in [0.2, 0.25) is 0 Å². The molecule has 0 amide bonds. The number of aliphatic hydroxyl groups is 1. The number of hydrogen-bond donors (Lipinski definition) is 2. The highest BCUT2D eigenvalue weighted by atomic mass is 16.5. The van der Waals surface area contributed by atoms with Crippen LogP contribution in [0.25, 0.3) is 0 Å². The number of rotatable bonds is 8. The molecule has 4 nitrogen and oxygen atoms in total. The number of methoxy groups -OCH3 is 1. The van der Waals surface area contributed by atoms with E-state index in [1.54, 1.807) is 0 Å². The highest BCUT2D eigenvalue weighted by molar-refractivity contribution is 5.78. The fraction of sp³-hybridized carbons (Fsp3) is 0.533. The van der Waals surface area contributed by atoms with Crippen LogP contribution in [0.3, 0.4) is 0 Å². The zero-order valence-electron chi connectivity index (χ0n) is 11.6. The Morgan fingerprint density at radius 1 is 1.37 bits per heavy atom. The van der Waals surface area contributed by atoms with Crippen LogP contribution >= 0.6 is 0 Å². The summed E-state index contributed by atoms with van der Waals surface area (Å²) in [4.78, 5) is 11.8. The minimum Gasteiger partial charge on any atom is -0.469 e. The summed E-state index contributed by atoms with van der Waals surface area (Å²) in [5, 5.41) is 12.7. The van der Waals surface area contributed by atoms with E-state index >= 15 is 0 Å². The van der Waals surface area contributed by atoms with Crippen molar-refractivity contribution >= 4 is 5.97 Å². The van der Waals surface area contributed by atoms with E-state index < -0.39 is 0 Å². The van der Waals surface area contributed by atoms with Crippen molar-refractivity contribution in [2.45, 2.75) is 31.8 Å². The molecule has 0 bridgehead atoms. The number of carbonyl (C=O) groups is 1. The van der Waals surface area contributed by atoms with Crippen LogP contribution in [-0.2, 0) is 9.53 Å². The molecule has 0 aliphatic heterocycles. The number of carbonyl (C=O) groups excluding carboxylic acids is 1. The predicted molar refractivity (Wildman–Crippen MR) is 75.0 cm³/mol. The van der Waals surface area contributed by atoms with Gasteiger partial charge in [-0.2, -0.15) is 0 Å². The first-order valence-corrected chi connectivity index (χ1v) is 6.70. The highest BCUT2D eigenvalue weighted by Crippen LogP contribution is 2.16. The summed E-state index contributed by atoms with van der Waals surface area (Å²) in [6, 6.07) is 9.58. The third-order valence-electron chi connectivity index (χ3n) is 3.16. The molecular formula is C15H23NO3. The second-order valence-corrected chi connectivity index (χ2v) is 4.54. The van der Waals surface area contributed by atoms with Gasteiger partial charge in [-0.3, -0.25) is 4.79 Å². The van der Waals surface area contributed by atoms with Crippen molar-refractivity contribution in [3.05, 3.63) is 35.9 Å². The van der Waals surface area contributed by atoms with Crippen molar-refractivity contribution in [2.75, 3.05) is 20.2 Å². The maximum absolute atomic E-state index is 11.8. The largest absolute Gasteiger partial charge is 0.469 e. The van der Waals surface area contributed by atoms with Gasteiger partial charge in [0, 0.05) is 6.54 Å². The second-order valence-electron chi connectivity index (χ2n) is 4.54. The van der Waals surface area contributed by atoms with Gasteiger partial charge in [0.05, 0.1) is 19.1 Å². The van der Waals surface area contributed by atoms with Gasteiger partial charge in [-0.15, -0.1) is 0 Å². The van der Waals surface area contributed by atoms with Crippen molar-refractivity contribution in [3.8, 4) is 0 Å². The van der Waals surface area contributed by atoms with Gasteiger partial charge < -0.3 is 15.2 Å². The van der Waals surface area contributed by atoms with Crippen molar-refractivity contribution in [1.29, 1.82) is 0 Å². The molecule has 1 aromatic carbocycles. The van der Waals surface area contributed by atoms with Gasteiger partial charge >= 0.3 is 5.97 Å². The molecule has 106 valence electrons. The van der Waals surface area contributed by atoms with Crippen LogP contribution in [0, 0.1) is 0 Å². The smallest absolute Gasteiger partial charge is 0.314 e. The molecule has 4 heteroatoms. The standard InChI is InChI=1S/C15H23NO3/c1-3-13(17)9-10-16-11-14(15(18)19-2)12-7-5-4-6-8-12/h4-8,13-14,16-17H,3,9-11H2,1-2H3. The maximum atomic E-state index is 11.8. The summed E-state index contributed by atoms with van der Waals surface area (Å²) in [6.07, 6.45) is 1.17. The van der Waals surface area contributed by atoms with Gasteiger partial charge in [-0.05, 0) is 24.9 Å². The van der Waals surface area contributed by atoms with E-state index in [9.17, 15) is 9.90 Å². The predicted octanol–water partition coefficient (Wildman–Crippen LogP) is 1.69. The van der Waals surface area contributed by atoms with Gasteiger partial charge in [-0.25, -0.2) is 0 Å². The molecule has 0 saturated carbocycles. The summed E-state index contributed by atoms with van der Waals surface area (Å²) in [7, 11) is 1.40. The van der Waals surface area contributed by atoms with Gasteiger partial charge in [0.15, 0.2) is 0 Å². The molecule has 0 radical (unpaired) electrons. The molecule has 2 N–H and O–H groups in total. The van der Waals surface area contributed by atoms with E-state index in [-0.39, 0.29) is 18.0 Å². The number of nitrogens with one attached hydrogen (secondary N) is 1. The normalized spacial score (nSPS) is 13.8. The van der Waals surface area contributed by atoms with Crippen LogP contribution in [0.15, 0.2) is 30.3 Å². The summed E-state index contributed by atoms with van der Waals surface area (Å²) < 4.78 is 4.84. The Labute approximate surface area is 114 Å². The maximum Gasteiger partial charge on any atom is 0.314 e. The molecule has 1 aromatic rings. The van der Waals surface area contributed by atoms with Crippen molar-refractivity contribution in [3.63, 3.8) is 0 Å². The van der Waals surface area contributed by atoms with Crippen LogP contribution in [0.5, 0.6) is 0 Å². The van der Waals surface area contributed by atoms with E-state index in [4.69, 9.17) is 4.74 Å². The minimum atomic E-state index is -0.301. The van der Waals surface area contributed by atoms with Gasteiger partial charge in [0.25, 0.3) is 0 Å². The van der Waals surface area contributed by atoms with Gasteiger partial charge in [0.2, 0.25) is 0 Å². The summed E-state index contributed by atoms with van der Waals surface area (Å²) in [5.41, 5.74) is 0.942. The molecule has 19 heavy (non-hydrogen) atoms. The summed E-state index contributed by atoms with van der Waals surface area (Å²) >= 11 is 0. The molecule has 0 aromatic heterocycles. The van der Waals surface area contributed by atoms with Crippen molar-refractivity contribution in [1.82, 2.24) is 5.32 Å². The van der Waals surface area contributed by atoms with Crippen LogP contribution in [0.1, 0.15) is 31.2 Å². The topological polar surface area (TPSA) is 58.6 Å². The third-order valence-corrected chi connectivity index (χ3v) is 3.16. The van der Waals surface area contributed by atoms with Crippen molar-refractivity contribution in [2.24, 2.45) is 0 Å². The van der Waals surface area contributed by atoms with E-state index in [0.29, 0.717) is 19.5 Å². The number of hydrogen-bond acceptors (Lipinski definition) is 4. The molecule has 0 fully saturated rings. The van der Waals surface area contributed by atoms with Crippen molar-refractivity contribution < 1.29 is 14.6 Å². The lowest BCUT2D eigenvalue weighted by Gasteiger charge is -2.16. The minimum absolute atomic E-state index is 0.241. The Kier molecular flexibility index (Phi) is 7.15. The van der Waals surface area contributed by atoms with Crippen LogP contribution < -0.4 is 5.32 Å². The quantitative estimate of drug-likeness (QED) is 0.555. The second kappa shape index (κ2) is 8.67. The molecule has 2 atom stereocenters. The molecule has 0 saturated heterocycles. The number of benzene rings is 1. The van der Waals surface area contributed by atoms with E-state index in [1.807, 2.05) is 37.3 Å². The molecule has 0 aliphatic rings. The average molecular weight is 265 g/mol. The summed E-state index contributed by atoms with van der Waals surface area (Å²) in [5.74, 6) is -0.542. The SMILES string of the molecule is CCC(O)CCNCC(C(=O)OC)c1ccccc1. The molecule has 0 heterocycles. The molecular weight excluding hydrogens is 242 g/mol. The lowest BCUT2D eigenvalue weighted by Crippen LogP contribution is -2.29. The zero-order valence-corrected chi connectivity index (χ0v) is 11.6. The first-order chi connectivity index (χ1) is 9.19. The number of ether oxygens (including phenoxy) is 1. The molecule has 2 unspecified atom stereocenters. The molecule has 0 aliphatic carbocycles. The Morgan fingerprint density at radius 2 is 2.05 bits per heavy atom. The molecule has 0 spiro atoms. The first kappa shape index (κ1) is 15.7. The van der Waals surface area contributed by atoms with Gasteiger partial charge in [-0.1, -0.05) is 37.3 Å². The summed E-state index contributed by atoms with van der Waals surface area (Å²) in [6.45, 7) is 3.16. The van der Waals surface area contributed by atoms with E-state index in [0.717, 1.165) is 12.0 Å². The lowest BCUT2D eigenvalue weighted by molar-refractivity contribution is -0.142. The number of aliphatic hydroxyl groups excluding tert-OH is 1. The fourth-order valence-corrected chi connectivity index (χ4v) is 1.88.